The maximum Gasteiger partial charge on any atom is 0.415 e. The molecule has 3 amide bonds. The predicted octanol–water partition coefficient (Wildman–Crippen LogP) is 4.85. The second-order valence-corrected chi connectivity index (χ2v) is 11.7. The molecule has 202 valence electrons. The number of carbonyl (C=O) groups excluding carboxylic acids is 3. The number of hydrogen-bond donors (Lipinski definition) is 0. The van der Waals surface area contributed by atoms with Gasteiger partial charge in [0.25, 0.3) is 0 Å². The molecule has 5 rings (SSSR count). The third-order valence-corrected chi connectivity index (χ3v) is 9.00. The molecule has 0 spiro atoms. The van der Waals surface area contributed by atoms with Crippen molar-refractivity contribution < 1.29 is 19.1 Å². The Hall–Kier alpha value is -2.84. The van der Waals surface area contributed by atoms with Crippen LogP contribution in [0.4, 0.5) is 4.79 Å². The van der Waals surface area contributed by atoms with E-state index in [-0.39, 0.29) is 35.1 Å². The zero-order valence-electron chi connectivity index (χ0n) is 21.6. The summed E-state index contributed by atoms with van der Waals surface area (Å²) in [5.41, 5.74) is 0.711. The van der Waals surface area contributed by atoms with Gasteiger partial charge < -0.3 is 19.4 Å². The van der Waals surface area contributed by atoms with Crippen LogP contribution in [0.25, 0.3) is 0 Å². The second kappa shape index (κ2) is 10.7. The van der Waals surface area contributed by atoms with Crippen molar-refractivity contribution in [3.8, 4) is 5.75 Å². The average Bonchev–Trinajstić information content (AvgIpc) is 3.53. The maximum absolute atomic E-state index is 13.6. The Morgan fingerprint density at radius 1 is 1.00 bits per heavy atom. The van der Waals surface area contributed by atoms with Crippen LogP contribution in [0.1, 0.15) is 44.1 Å². The summed E-state index contributed by atoms with van der Waals surface area (Å²) < 4.78 is 5.55. The van der Waals surface area contributed by atoms with Crippen molar-refractivity contribution in [1.82, 2.24) is 19.7 Å². The van der Waals surface area contributed by atoms with Gasteiger partial charge in [-0.3, -0.25) is 14.6 Å². The molecular weight excluding hydrogens is 527 g/mol. The maximum atomic E-state index is 13.6. The van der Waals surface area contributed by atoms with Crippen LogP contribution in [0.15, 0.2) is 42.7 Å². The molecule has 8 nitrogen and oxygen atoms in total. The first-order chi connectivity index (χ1) is 18.2. The van der Waals surface area contributed by atoms with E-state index in [1.807, 2.05) is 22.8 Å². The minimum atomic E-state index is -0.513. The van der Waals surface area contributed by atoms with E-state index < -0.39 is 6.09 Å². The van der Waals surface area contributed by atoms with E-state index in [0.29, 0.717) is 54.8 Å². The average molecular weight is 559 g/mol. The van der Waals surface area contributed by atoms with Crippen molar-refractivity contribution in [1.29, 1.82) is 0 Å². The fraction of sp³-hybridized carbons (Fsp3) is 0.500. The molecule has 2 aromatic rings. The number of likely N-dealkylation sites (N-methyl/N-ethyl adjacent to an activating group) is 1. The van der Waals surface area contributed by atoms with Gasteiger partial charge >= 0.3 is 6.09 Å². The molecule has 1 aromatic heterocycles. The van der Waals surface area contributed by atoms with E-state index in [2.05, 4.69) is 4.98 Å². The van der Waals surface area contributed by atoms with Crippen molar-refractivity contribution in [2.24, 2.45) is 11.3 Å². The Kier molecular flexibility index (Phi) is 7.56. The molecule has 2 saturated heterocycles. The molecule has 2 aliphatic heterocycles. The molecule has 3 fully saturated rings. The second-order valence-electron chi connectivity index (χ2n) is 10.9. The largest absolute Gasteiger partial charge is 0.415 e. The van der Waals surface area contributed by atoms with Crippen LogP contribution >= 0.6 is 23.2 Å². The van der Waals surface area contributed by atoms with Crippen LogP contribution in [-0.2, 0) is 9.59 Å². The summed E-state index contributed by atoms with van der Waals surface area (Å²) in [7, 11) is 1.69. The number of halogens is 2. The van der Waals surface area contributed by atoms with Crippen LogP contribution < -0.4 is 4.74 Å². The van der Waals surface area contributed by atoms with Crippen LogP contribution in [-0.4, -0.2) is 76.9 Å². The lowest BCUT2D eigenvalue weighted by Gasteiger charge is -2.34. The lowest BCUT2D eigenvalue weighted by Crippen LogP contribution is -2.46. The molecule has 0 unspecified atom stereocenters. The van der Waals surface area contributed by atoms with Crippen molar-refractivity contribution >= 4 is 41.1 Å². The lowest BCUT2D eigenvalue weighted by atomic mass is 9.93. The van der Waals surface area contributed by atoms with Crippen molar-refractivity contribution in [2.75, 3.05) is 33.2 Å². The highest BCUT2D eigenvalue weighted by Gasteiger charge is 2.48. The Morgan fingerprint density at radius 2 is 1.68 bits per heavy atom. The Morgan fingerprint density at radius 3 is 2.32 bits per heavy atom. The van der Waals surface area contributed by atoms with E-state index in [0.717, 1.165) is 18.4 Å². The van der Waals surface area contributed by atoms with E-state index in [1.165, 1.54) is 0 Å². The van der Waals surface area contributed by atoms with Gasteiger partial charge in [-0.2, -0.15) is 0 Å². The quantitative estimate of drug-likeness (QED) is 0.523. The Bertz CT molecular complexity index is 1210. The first-order valence-electron chi connectivity index (χ1n) is 13.0. The first kappa shape index (κ1) is 26.8. The molecule has 1 saturated carbocycles. The van der Waals surface area contributed by atoms with E-state index >= 15 is 0 Å². The summed E-state index contributed by atoms with van der Waals surface area (Å²) in [5.74, 6) is 0.376. The van der Waals surface area contributed by atoms with Crippen molar-refractivity contribution in [3.05, 3.63) is 58.3 Å². The summed E-state index contributed by atoms with van der Waals surface area (Å²) >= 11 is 12.5. The number of benzene rings is 1. The van der Waals surface area contributed by atoms with E-state index in [9.17, 15) is 14.4 Å². The predicted molar refractivity (Wildman–Crippen MR) is 144 cm³/mol. The zero-order chi connectivity index (χ0) is 27.0. The molecule has 3 heterocycles. The van der Waals surface area contributed by atoms with Crippen LogP contribution in [0.3, 0.4) is 0 Å². The van der Waals surface area contributed by atoms with Crippen molar-refractivity contribution in [2.45, 2.75) is 44.6 Å². The van der Waals surface area contributed by atoms with Gasteiger partial charge in [0.1, 0.15) is 5.75 Å². The number of ether oxygens (including phenoxy) is 1. The topological polar surface area (TPSA) is 83.1 Å². The number of likely N-dealkylation sites (tertiary alicyclic amines) is 2. The van der Waals surface area contributed by atoms with Gasteiger partial charge in [0.2, 0.25) is 11.8 Å². The van der Waals surface area contributed by atoms with Gasteiger partial charge in [0.15, 0.2) is 0 Å². The highest BCUT2D eigenvalue weighted by molar-refractivity contribution is 6.42. The molecule has 38 heavy (non-hydrogen) atoms. The standard InChI is InChI=1S/C28H32Cl2N4O4/c1-28(9-10-28)26(36)33-13-7-18(8-14-33)25(35)34-16-21(19-3-4-22(29)23(30)15-19)24(17-34)32(2)27(37)38-20-5-11-31-12-6-20/h3-6,11-12,15,18,21,24H,7-10,13-14,16-17H2,1-2H3/t21-,24+/m0/s1. The van der Waals surface area contributed by atoms with Gasteiger partial charge in [0.05, 0.1) is 16.1 Å². The molecule has 0 bridgehead atoms. The number of carbonyl (C=O) groups is 3. The van der Waals surface area contributed by atoms with E-state index in [1.54, 1.807) is 48.6 Å². The molecule has 3 aliphatic rings. The number of nitrogens with zero attached hydrogens (tertiary/aromatic N) is 4. The molecular formula is C28H32Cl2N4O4. The molecule has 2 atom stereocenters. The normalized spacial score (nSPS) is 22.7. The van der Waals surface area contributed by atoms with E-state index in [4.69, 9.17) is 27.9 Å². The van der Waals surface area contributed by atoms with Crippen molar-refractivity contribution in [3.63, 3.8) is 0 Å². The van der Waals surface area contributed by atoms with Crippen LogP contribution in [0, 0.1) is 11.3 Å². The summed E-state index contributed by atoms with van der Waals surface area (Å²) in [6, 6.07) is 8.36. The highest BCUT2D eigenvalue weighted by Crippen LogP contribution is 2.47. The minimum absolute atomic E-state index is 0.0678. The Labute approximate surface area is 232 Å². The smallest absolute Gasteiger partial charge is 0.410 e. The monoisotopic (exact) mass is 558 g/mol. The highest BCUT2D eigenvalue weighted by atomic mass is 35.5. The SMILES string of the molecule is CN(C(=O)Oc1ccncc1)[C@@H]1CN(C(=O)C2CCN(C(=O)C3(C)CC3)CC2)C[C@H]1c1ccc(Cl)c(Cl)c1. The summed E-state index contributed by atoms with van der Waals surface area (Å²) in [6.07, 6.45) is 5.81. The van der Waals surface area contributed by atoms with Gasteiger partial charge in [-0.15, -0.1) is 0 Å². The van der Waals surface area contributed by atoms with Gasteiger partial charge in [0, 0.05) is 62.9 Å². The third kappa shape index (κ3) is 5.47. The molecule has 1 aliphatic carbocycles. The van der Waals surface area contributed by atoms with Crippen LogP contribution in [0.5, 0.6) is 5.75 Å². The number of hydrogen-bond acceptors (Lipinski definition) is 5. The molecule has 1 aromatic carbocycles. The first-order valence-corrected chi connectivity index (χ1v) is 13.8. The number of amides is 3. The Balaban J connectivity index is 1.30. The minimum Gasteiger partial charge on any atom is -0.410 e. The molecule has 0 N–H and O–H groups in total. The number of aromatic nitrogens is 1. The number of piperidine rings is 1. The summed E-state index contributed by atoms with van der Waals surface area (Å²) in [6.45, 7) is 4.07. The summed E-state index contributed by atoms with van der Waals surface area (Å²) in [4.78, 5) is 48.7. The number of pyridine rings is 1. The van der Waals surface area contributed by atoms with Gasteiger partial charge in [-0.05, 0) is 55.5 Å². The third-order valence-electron chi connectivity index (χ3n) is 8.26. The fourth-order valence-electron chi connectivity index (χ4n) is 5.51. The zero-order valence-corrected chi connectivity index (χ0v) is 23.1. The molecule has 0 radical (unpaired) electrons. The molecule has 10 heteroatoms. The van der Waals surface area contributed by atoms with Gasteiger partial charge in [-0.1, -0.05) is 36.2 Å². The fourth-order valence-corrected chi connectivity index (χ4v) is 5.82. The number of rotatable bonds is 5. The summed E-state index contributed by atoms with van der Waals surface area (Å²) in [5, 5.41) is 0.876. The van der Waals surface area contributed by atoms with Crippen LogP contribution in [0.2, 0.25) is 10.0 Å². The van der Waals surface area contributed by atoms with Gasteiger partial charge in [-0.25, -0.2) is 4.79 Å². The lowest BCUT2D eigenvalue weighted by molar-refractivity contribution is -0.142.